The van der Waals surface area contributed by atoms with E-state index in [0.29, 0.717) is 12.8 Å². The van der Waals surface area contributed by atoms with E-state index < -0.39 is 25.1 Å². The van der Waals surface area contributed by atoms with Crippen molar-refractivity contribution >= 4 is 19.9 Å². The summed E-state index contributed by atoms with van der Waals surface area (Å²) in [6.07, 6.45) is 3.75. The van der Waals surface area contributed by atoms with Gasteiger partial charge in [0.2, 0.25) is 10.0 Å². The van der Waals surface area contributed by atoms with Gasteiger partial charge in [-0.05, 0) is 40.5 Å². The average Bonchev–Trinajstić information content (AvgIpc) is 2.22. The number of hydrogen-bond donors (Lipinski definition) is 1. The number of allylic oxidation sites excluding steroid dienone is 2. The molecule has 0 amide bonds. The fourth-order valence-corrected chi connectivity index (χ4v) is 3.62. The van der Waals surface area contributed by atoms with Crippen LogP contribution in [0, 0.1) is 0 Å². The monoisotopic (exact) mass is 309 g/mol. The van der Waals surface area contributed by atoms with Crippen LogP contribution in [-0.2, 0) is 19.9 Å². The lowest BCUT2D eigenvalue weighted by Gasteiger charge is -2.08. The first-order valence-corrected chi connectivity index (χ1v) is 9.31. The number of sulfone groups is 1. The first-order chi connectivity index (χ1) is 8.60. The van der Waals surface area contributed by atoms with E-state index in [1.54, 1.807) is 27.7 Å². The van der Waals surface area contributed by atoms with Crippen molar-refractivity contribution in [3.05, 3.63) is 23.0 Å². The molecule has 5 nitrogen and oxygen atoms in total. The normalized spacial score (nSPS) is 15.6. The molecule has 0 spiro atoms. The highest BCUT2D eigenvalue weighted by molar-refractivity contribution is 7.94. The maximum Gasteiger partial charge on any atom is 0.233 e. The van der Waals surface area contributed by atoms with Crippen LogP contribution in [0.4, 0.5) is 0 Å². The lowest BCUT2D eigenvalue weighted by atomic mass is 10.2. The van der Waals surface area contributed by atoms with E-state index in [2.05, 4.69) is 4.72 Å². The highest BCUT2D eigenvalue weighted by atomic mass is 32.2. The van der Waals surface area contributed by atoms with E-state index in [4.69, 9.17) is 0 Å². The smallest absolute Gasteiger partial charge is 0.224 e. The number of rotatable bonds is 8. The summed E-state index contributed by atoms with van der Waals surface area (Å²) in [4.78, 5) is 0. The van der Waals surface area contributed by atoms with Gasteiger partial charge >= 0.3 is 0 Å². The van der Waals surface area contributed by atoms with E-state index in [9.17, 15) is 16.8 Å². The van der Waals surface area contributed by atoms with Crippen molar-refractivity contribution in [3.63, 3.8) is 0 Å². The fourth-order valence-electron chi connectivity index (χ4n) is 1.38. The van der Waals surface area contributed by atoms with Crippen LogP contribution in [0.25, 0.3) is 0 Å². The van der Waals surface area contributed by atoms with Gasteiger partial charge in [-0.15, -0.1) is 0 Å². The van der Waals surface area contributed by atoms with Crippen LogP contribution in [0.5, 0.6) is 0 Å². The van der Waals surface area contributed by atoms with E-state index in [1.165, 1.54) is 17.6 Å². The molecule has 0 aromatic rings. The van der Waals surface area contributed by atoms with Crippen molar-refractivity contribution in [1.29, 1.82) is 0 Å². The summed E-state index contributed by atoms with van der Waals surface area (Å²) in [7, 11) is -6.64. The molecule has 0 aliphatic carbocycles. The SMILES string of the molecule is C/C=C/S(=O)(=O)C(C)CC/C=C/S(=O)(=O)NC(C)C. The summed E-state index contributed by atoms with van der Waals surface area (Å²) < 4.78 is 48.6. The van der Waals surface area contributed by atoms with Gasteiger partial charge in [-0.1, -0.05) is 12.2 Å². The summed E-state index contributed by atoms with van der Waals surface area (Å²) in [5.74, 6) is 0. The zero-order chi connectivity index (χ0) is 15.1. The summed E-state index contributed by atoms with van der Waals surface area (Å²) >= 11 is 0. The Morgan fingerprint density at radius 3 is 2.11 bits per heavy atom. The van der Waals surface area contributed by atoms with E-state index in [0.717, 1.165) is 5.41 Å². The number of hydrogen-bond acceptors (Lipinski definition) is 4. The molecule has 0 aliphatic rings. The molecule has 0 saturated heterocycles. The Morgan fingerprint density at radius 2 is 1.63 bits per heavy atom. The molecule has 0 radical (unpaired) electrons. The second-order valence-corrected chi connectivity index (χ2v) is 8.49. The Bertz CT molecular complexity index is 516. The zero-order valence-electron chi connectivity index (χ0n) is 11.8. The Kier molecular flexibility index (Phi) is 7.54. The number of sulfonamides is 1. The molecule has 0 aliphatic heterocycles. The molecule has 112 valence electrons. The van der Waals surface area contributed by atoms with Crippen LogP contribution in [-0.4, -0.2) is 28.1 Å². The molecule has 0 saturated carbocycles. The van der Waals surface area contributed by atoms with Gasteiger partial charge in [0.05, 0.1) is 5.25 Å². The van der Waals surface area contributed by atoms with Gasteiger partial charge in [0.15, 0.2) is 9.84 Å². The summed E-state index contributed by atoms with van der Waals surface area (Å²) in [5, 5.41) is 1.74. The first-order valence-electron chi connectivity index (χ1n) is 6.16. The highest BCUT2D eigenvalue weighted by Gasteiger charge is 2.16. The van der Waals surface area contributed by atoms with Crippen LogP contribution in [0.3, 0.4) is 0 Å². The molecule has 7 heteroatoms. The van der Waals surface area contributed by atoms with Gasteiger partial charge in [-0.25, -0.2) is 21.6 Å². The highest BCUT2D eigenvalue weighted by Crippen LogP contribution is 2.11. The van der Waals surface area contributed by atoms with Gasteiger partial charge in [0, 0.05) is 16.9 Å². The molecular weight excluding hydrogens is 286 g/mol. The van der Waals surface area contributed by atoms with E-state index in [1.807, 2.05) is 0 Å². The molecule has 0 heterocycles. The van der Waals surface area contributed by atoms with Crippen LogP contribution >= 0.6 is 0 Å². The van der Waals surface area contributed by atoms with Crippen molar-refractivity contribution in [1.82, 2.24) is 4.72 Å². The second-order valence-electron chi connectivity index (χ2n) is 4.64. The average molecular weight is 309 g/mol. The van der Waals surface area contributed by atoms with Crippen LogP contribution in [0.2, 0.25) is 0 Å². The van der Waals surface area contributed by atoms with Crippen LogP contribution in [0.15, 0.2) is 23.0 Å². The van der Waals surface area contributed by atoms with Gasteiger partial charge in [-0.3, -0.25) is 0 Å². The minimum absolute atomic E-state index is 0.163. The first kappa shape index (κ1) is 18.3. The summed E-state index contributed by atoms with van der Waals surface area (Å²) in [5.41, 5.74) is 0. The minimum atomic E-state index is -3.42. The van der Waals surface area contributed by atoms with Crippen molar-refractivity contribution in [2.24, 2.45) is 0 Å². The van der Waals surface area contributed by atoms with Crippen molar-refractivity contribution in [2.75, 3.05) is 0 Å². The van der Waals surface area contributed by atoms with Crippen LogP contribution < -0.4 is 4.72 Å². The minimum Gasteiger partial charge on any atom is -0.224 e. The third-order valence-electron chi connectivity index (χ3n) is 2.30. The predicted molar refractivity (Wildman–Crippen MR) is 78.8 cm³/mol. The largest absolute Gasteiger partial charge is 0.233 e. The standard InChI is InChI=1S/C12H23NO4S2/c1-5-9-18(14,15)12(4)8-6-7-10-19(16,17)13-11(2)3/h5,7,9-13H,6,8H2,1-4H3/b9-5+,10-7+. The zero-order valence-corrected chi connectivity index (χ0v) is 13.5. The van der Waals surface area contributed by atoms with Gasteiger partial charge < -0.3 is 0 Å². The summed E-state index contributed by atoms with van der Waals surface area (Å²) in [6, 6.07) is -0.163. The van der Waals surface area contributed by atoms with Crippen LogP contribution in [0.1, 0.15) is 40.5 Å². The molecule has 0 aromatic heterocycles. The molecule has 0 aromatic carbocycles. The Hall–Kier alpha value is -0.660. The Balaban J connectivity index is 4.39. The van der Waals surface area contributed by atoms with E-state index >= 15 is 0 Å². The lowest BCUT2D eigenvalue weighted by molar-refractivity contribution is 0.579. The predicted octanol–water partition coefficient (Wildman–Crippen LogP) is 1.95. The molecule has 1 unspecified atom stereocenters. The van der Waals surface area contributed by atoms with Gasteiger partial charge in [-0.2, -0.15) is 0 Å². The maximum absolute atomic E-state index is 11.6. The Morgan fingerprint density at radius 1 is 1.05 bits per heavy atom. The van der Waals surface area contributed by atoms with E-state index in [-0.39, 0.29) is 6.04 Å². The number of nitrogens with one attached hydrogen (secondary N) is 1. The fraction of sp³-hybridized carbons (Fsp3) is 0.667. The third kappa shape index (κ3) is 8.18. The molecule has 0 rings (SSSR count). The van der Waals surface area contributed by atoms with Gasteiger partial charge in [0.25, 0.3) is 0 Å². The quantitative estimate of drug-likeness (QED) is 0.743. The Labute approximate surface area is 116 Å². The van der Waals surface area contributed by atoms with Crippen molar-refractivity contribution in [2.45, 2.75) is 51.8 Å². The molecule has 0 bridgehead atoms. The second kappa shape index (κ2) is 7.81. The maximum atomic E-state index is 11.6. The van der Waals surface area contributed by atoms with Crippen molar-refractivity contribution < 1.29 is 16.8 Å². The lowest BCUT2D eigenvalue weighted by Crippen LogP contribution is -2.28. The molecular formula is C12H23NO4S2. The van der Waals surface area contributed by atoms with Gasteiger partial charge in [0.1, 0.15) is 0 Å². The summed E-state index contributed by atoms with van der Waals surface area (Å²) in [6.45, 7) is 6.73. The molecule has 0 fully saturated rings. The molecule has 19 heavy (non-hydrogen) atoms. The molecule has 1 atom stereocenters. The van der Waals surface area contributed by atoms with Crippen molar-refractivity contribution in [3.8, 4) is 0 Å². The molecule has 1 N–H and O–H groups in total. The topological polar surface area (TPSA) is 80.3 Å². The third-order valence-corrected chi connectivity index (χ3v) is 5.66.